The molecule has 1 aromatic carbocycles. The average molecular weight is 347 g/mol. The summed E-state index contributed by atoms with van der Waals surface area (Å²) in [5.41, 5.74) is 1.10. The van der Waals surface area contributed by atoms with Crippen LogP contribution in [0.3, 0.4) is 0 Å². The van der Waals surface area contributed by atoms with Gasteiger partial charge in [0.25, 0.3) is 5.91 Å². The Morgan fingerprint density at radius 3 is 2.68 bits per heavy atom. The highest BCUT2D eigenvalue weighted by atomic mass is 16.7. The van der Waals surface area contributed by atoms with Crippen molar-refractivity contribution < 1.29 is 24.1 Å². The Morgan fingerprint density at radius 1 is 1.28 bits per heavy atom. The molecule has 0 spiro atoms. The summed E-state index contributed by atoms with van der Waals surface area (Å²) in [6.45, 7) is 2.23. The van der Waals surface area contributed by atoms with E-state index in [4.69, 9.17) is 19.3 Å². The molecule has 1 aromatic rings. The molecule has 25 heavy (non-hydrogen) atoms. The molecule has 1 N–H and O–H groups in total. The minimum atomic E-state index is -0.449. The number of allylic oxidation sites excluding steroid dienone is 1. The number of benzene rings is 1. The van der Waals surface area contributed by atoms with Gasteiger partial charge in [0.05, 0.1) is 13.7 Å². The normalized spacial score (nSPS) is 22.2. The van der Waals surface area contributed by atoms with Crippen LogP contribution in [-0.2, 0) is 14.3 Å². The molecular formula is C19H25NO5. The van der Waals surface area contributed by atoms with Gasteiger partial charge in [0, 0.05) is 32.0 Å². The molecule has 0 aliphatic carbocycles. The van der Waals surface area contributed by atoms with Crippen molar-refractivity contribution in [3.63, 3.8) is 0 Å². The standard InChI is InChI=1S/C19H25NO5/c1-23-16-6-4-14(5-7-16)15-12-17(19(22)20-8-9-20)25-18(13-15)24-11-3-2-10-21/h4-7,12,15,18,21H,2-3,8-11,13H2,1H3/t15-,18+/m0/s1. The second-order valence-electron chi connectivity index (χ2n) is 6.29. The molecule has 2 aliphatic heterocycles. The van der Waals surface area contributed by atoms with E-state index < -0.39 is 6.29 Å². The van der Waals surface area contributed by atoms with Gasteiger partial charge in [-0.1, -0.05) is 12.1 Å². The van der Waals surface area contributed by atoms with Crippen LogP contribution in [0.2, 0.25) is 0 Å². The van der Waals surface area contributed by atoms with E-state index in [1.807, 2.05) is 30.3 Å². The number of hydrogen-bond acceptors (Lipinski definition) is 5. The van der Waals surface area contributed by atoms with Gasteiger partial charge in [0.2, 0.25) is 6.29 Å². The number of nitrogens with zero attached hydrogens (tertiary/aromatic N) is 1. The summed E-state index contributed by atoms with van der Waals surface area (Å²) in [4.78, 5) is 14.1. The molecule has 0 aromatic heterocycles. The lowest BCUT2D eigenvalue weighted by Crippen LogP contribution is -2.29. The molecule has 6 nitrogen and oxygen atoms in total. The van der Waals surface area contributed by atoms with Gasteiger partial charge in [-0.05, 0) is 36.6 Å². The maximum absolute atomic E-state index is 12.4. The Morgan fingerprint density at radius 2 is 2.04 bits per heavy atom. The highest BCUT2D eigenvalue weighted by Crippen LogP contribution is 2.33. The molecule has 2 atom stereocenters. The first kappa shape index (κ1) is 17.8. The number of amides is 1. The van der Waals surface area contributed by atoms with Crippen molar-refractivity contribution in [3.8, 4) is 5.75 Å². The van der Waals surface area contributed by atoms with Crippen LogP contribution in [0.15, 0.2) is 36.1 Å². The molecule has 1 amide bonds. The monoisotopic (exact) mass is 347 g/mol. The predicted molar refractivity (Wildman–Crippen MR) is 92.2 cm³/mol. The molecule has 3 rings (SSSR count). The maximum atomic E-state index is 12.4. The van der Waals surface area contributed by atoms with Crippen molar-refractivity contribution >= 4 is 5.91 Å². The van der Waals surface area contributed by atoms with Crippen molar-refractivity contribution in [1.29, 1.82) is 0 Å². The molecule has 1 fully saturated rings. The Balaban J connectivity index is 1.71. The Hall–Kier alpha value is -2.05. The van der Waals surface area contributed by atoms with E-state index in [1.54, 1.807) is 12.0 Å². The van der Waals surface area contributed by atoms with E-state index in [9.17, 15) is 4.79 Å². The smallest absolute Gasteiger partial charge is 0.288 e. The third kappa shape index (κ3) is 4.74. The minimum Gasteiger partial charge on any atom is -0.497 e. The van der Waals surface area contributed by atoms with Crippen LogP contribution in [0.4, 0.5) is 0 Å². The molecule has 6 heteroatoms. The van der Waals surface area contributed by atoms with Crippen LogP contribution < -0.4 is 4.74 Å². The van der Waals surface area contributed by atoms with Crippen LogP contribution in [0, 0.1) is 0 Å². The topological polar surface area (TPSA) is 68.0 Å². The second kappa shape index (κ2) is 8.36. The first-order valence-corrected chi connectivity index (χ1v) is 8.75. The fraction of sp³-hybridized carbons (Fsp3) is 0.526. The Labute approximate surface area is 148 Å². The zero-order chi connectivity index (χ0) is 17.6. The quantitative estimate of drug-likeness (QED) is 0.576. The number of aliphatic hydroxyl groups is 1. The number of ether oxygens (including phenoxy) is 3. The van der Waals surface area contributed by atoms with Crippen LogP contribution in [-0.4, -0.2) is 55.6 Å². The van der Waals surface area contributed by atoms with Gasteiger partial charge < -0.3 is 24.2 Å². The van der Waals surface area contributed by atoms with Gasteiger partial charge in [-0.15, -0.1) is 0 Å². The lowest BCUT2D eigenvalue weighted by atomic mass is 9.93. The van der Waals surface area contributed by atoms with Gasteiger partial charge in [-0.3, -0.25) is 4.79 Å². The van der Waals surface area contributed by atoms with Gasteiger partial charge in [0.15, 0.2) is 5.76 Å². The molecule has 2 heterocycles. The van der Waals surface area contributed by atoms with Crippen LogP contribution in [0.25, 0.3) is 0 Å². The average Bonchev–Trinajstić information content (AvgIpc) is 3.50. The number of hydrogen-bond donors (Lipinski definition) is 1. The third-order valence-corrected chi connectivity index (χ3v) is 4.40. The molecule has 1 saturated heterocycles. The predicted octanol–water partition coefficient (Wildman–Crippen LogP) is 2.04. The SMILES string of the molecule is COc1ccc([C@H]2C=C(C(=O)N3CC3)O[C@@H](OCCCCO)C2)cc1. The van der Waals surface area contributed by atoms with Crippen LogP contribution in [0.1, 0.15) is 30.7 Å². The summed E-state index contributed by atoms with van der Waals surface area (Å²) in [5.74, 6) is 1.16. The lowest BCUT2D eigenvalue weighted by molar-refractivity contribution is -0.149. The lowest BCUT2D eigenvalue weighted by Gasteiger charge is -2.29. The summed E-state index contributed by atoms with van der Waals surface area (Å²) >= 11 is 0. The Kier molecular flexibility index (Phi) is 5.94. The summed E-state index contributed by atoms with van der Waals surface area (Å²) < 4.78 is 16.8. The molecule has 0 saturated carbocycles. The second-order valence-corrected chi connectivity index (χ2v) is 6.29. The van der Waals surface area contributed by atoms with Crippen molar-refractivity contribution in [2.45, 2.75) is 31.5 Å². The number of carbonyl (C=O) groups excluding carboxylic acids is 1. The highest BCUT2D eigenvalue weighted by molar-refractivity contribution is 5.93. The summed E-state index contributed by atoms with van der Waals surface area (Å²) in [6, 6.07) is 7.85. The molecular weight excluding hydrogens is 322 g/mol. The molecule has 136 valence electrons. The van der Waals surface area contributed by atoms with Crippen molar-refractivity contribution in [3.05, 3.63) is 41.7 Å². The van der Waals surface area contributed by atoms with E-state index in [1.165, 1.54) is 0 Å². The van der Waals surface area contributed by atoms with E-state index in [-0.39, 0.29) is 18.4 Å². The fourth-order valence-electron chi connectivity index (χ4n) is 2.83. The van der Waals surface area contributed by atoms with Gasteiger partial charge in [-0.2, -0.15) is 0 Å². The van der Waals surface area contributed by atoms with Crippen molar-refractivity contribution in [2.75, 3.05) is 33.4 Å². The van der Waals surface area contributed by atoms with E-state index in [0.717, 1.165) is 30.8 Å². The number of rotatable bonds is 8. The molecule has 2 aliphatic rings. The molecule has 0 bridgehead atoms. The van der Waals surface area contributed by atoms with E-state index >= 15 is 0 Å². The number of carbonyl (C=O) groups is 1. The van der Waals surface area contributed by atoms with Gasteiger partial charge >= 0.3 is 0 Å². The van der Waals surface area contributed by atoms with Crippen molar-refractivity contribution in [1.82, 2.24) is 4.90 Å². The summed E-state index contributed by atoms with van der Waals surface area (Å²) in [6.07, 6.45) is 3.57. The Bertz CT molecular complexity index is 609. The third-order valence-electron chi connectivity index (χ3n) is 4.40. The first-order valence-electron chi connectivity index (χ1n) is 8.75. The first-order chi connectivity index (χ1) is 12.2. The largest absolute Gasteiger partial charge is 0.497 e. The zero-order valence-corrected chi connectivity index (χ0v) is 14.5. The van der Waals surface area contributed by atoms with E-state index in [0.29, 0.717) is 25.2 Å². The van der Waals surface area contributed by atoms with Crippen LogP contribution in [0.5, 0.6) is 5.75 Å². The molecule has 0 unspecified atom stereocenters. The van der Waals surface area contributed by atoms with Gasteiger partial charge in [-0.25, -0.2) is 0 Å². The zero-order valence-electron chi connectivity index (χ0n) is 14.5. The minimum absolute atomic E-state index is 0.0568. The summed E-state index contributed by atoms with van der Waals surface area (Å²) in [5, 5.41) is 8.86. The van der Waals surface area contributed by atoms with Crippen LogP contribution >= 0.6 is 0 Å². The maximum Gasteiger partial charge on any atom is 0.288 e. The van der Waals surface area contributed by atoms with Gasteiger partial charge in [0.1, 0.15) is 5.75 Å². The highest BCUT2D eigenvalue weighted by Gasteiger charge is 2.34. The fourth-order valence-corrected chi connectivity index (χ4v) is 2.83. The number of unbranched alkanes of at least 4 members (excludes halogenated alkanes) is 1. The number of methoxy groups -OCH3 is 1. The van der Waals surface area contributed by atoms with Crippen molar-refractivity contribution in [2.24, 2.45) is 0 Å². The molecule has 0 radical (unpaired) electrons. The summed E-state index contributed by atoms with van der Waals surface area (Å²) in [7, 11) is 1.64. The van der Waals surface area contributed by atoms with E-state index in [2.05, 4.69) is 0 Å². The number of aliphatic hydroxyl groups excluding tert-OH is 1.